The Labute approximate surface area is 116 Å². The molecule has 5 aliphatic carbocycles. The summed E-state index contributed by atoms with van der Waals surface area (Å²) in [5, 5.41) is 11.4. The minimum Gasteiger partial charge on any atom is -0.385 e. The normalized spacial score (nSPS) is 62.1. The number of alkyl halides is 2. The highest BCUT2D eigenvalue weighted by Gasteiger charge is 2.92. The number of rotatable bonds is 1. The van der Waals surface area contributed by atoms with Crippen LogP contribution in [0.25, 0.3) is 0 Å². The zero-order valence-electron chi connectivity index (χ0n) is 10.9. The summed E-state index contributed by atoms with van der Waals surface area (Å²) in [7, 11) is 0. The van der Waals surface area contributed by atoms with E-state index >= 15 is 0 Å². The predicted molar refractivity (Wildman–Crippen MR) is 67.8 cm³/mol. The van der Waals surface area contributed by atoms with Crippen molar-refractivity contribution in [3.63, 3.8) is 0 Å². The largest absolute Gasteiger partial charge is 0.385 e. The number of benzene rings is 1. The van der Waals surface area contributed by atoms with Gasteiger partial charge in [0.05, 0.1) is 5.60 Å². The predicted octanol–water partition coefficient (Wildman–Crippen LogP) is 2.90. The van der Waals surface area contributed by atoms with Crippen molar-refractivity contribution in [2.24, 2.45) is 47.3 Å². The Kier molecular flexibility index (Phi) is 1.45. The molecule has 9 atom stereocenters. The van der Waals surface area contributed by atoms with E-state index < -0.39 is 23.4 Å². The molecule has 0 radical (unpaired) electrons. The van der Waals surface area contributed by atoms with Gasteiger partial charge in [-0.3, -0.25) is 0 Å². The Hall–Kier alpha value is -0.960. The number of hydrogen-bond donors (Lipinski definition) is 1. The maximum absolute atomic E-state index is 14.6. The first-order chi connectivity index (χ1) is 9.58. The van der Waals surface area contributed by atoms with E-state index in [4.69, 9.17) is 0 Å². The molecule has 0 unspecified atom stereocenters. The van der Waals surface area contributed by atoms with Gasteiger partial charge in [-0.25, -0.2) is 8.78 Å². The van der Waals surface area contributed by atoms with Crippen molar-refractivity contribution < 1.29 is 13.9 Å². The highest BCUT2D eigenvalue weighted by Crippen LogP contribution is 2.89. The minimum atomic E-state index is -2.52. The lowest BCUT2D eigenvalue weighted by atomic mass is 9.54. The first kappa shape index (κ1) is 10.7. The molecular formula is C17H16F2O. The Balaban J connectivity index is 1.62. The summed E-state index contributed by atoms with van der Waals surface area (Å²) in [5.41, 5.74) is -0.0935. The van der Waals surface area contributed by atoms with E-state index in [1.807, 2.05) is 30.3 Å². The second-order valence-corrected chi connectivity index (χ2v) is 7.69. The maximum atomic E-state index is 14.6. The fourth-order valence-corrected chi connectivity index (χ4v) is 7.57. The van der Waals surface area contributed by atoms with Gasteiger partial charge in [-0.05, 0) is 35.7 Å². The van der Waals surface area contributed by atoms with E-state index in [0.29, 0.717) is 11.8 Å². The molecule has 0 spiro atoms. The Morgan fingerprint density at radius 3 is 2.30 bits per heavy atom. The Bertz CT molecular complexity index is 629. The van der Waals surface area contributed by atoms with Gasteiger partial charge in [-0.15, -0.1) is 0 Å². The van der Waals surface area contributed by atoms with E-state index in [-0.39, 0.29) is 23.7 Å². The molecule has 2 bridgehead atoms. The molecule has 3 heteroatoms. The van der Waals surface area contributed by atoms with Crippen LogP contribution >= 0.6 is 0 Å². The third-order valence-corrected chi connectivity index (χ3v) is 7.64. The smallest absolute Gasteiger partial charge is 0.255 e. The van der Waals surface area contributed by atoms with Crippen molar-refractivity contribution in [2.45, 2.75) is 17.9 Å². The zero-order chi connectivity index (χ0) is 13.4. The first-order valence-corrected chi connectivity index (χ1v) is 7.73. The summed E-state index contributed by atoms with van der Waals surface area (Å²) in [6.45, 7) is 0. The third-order valence-electron chi connectivity index (χ3n) is 7.64. The Morgan fingerprint density at radius 1 is 0.900 bits per heavy atom. The molecule has 0 heterocycles. The molecule has 6 rings (SSSR count). The molecule has 0 saturated heterocycles. The highest BCUT2D eigenvalue weighted by molar-refractivity contribution is 5.41. The molecule has 5 aliphatic rings. The number of aliphatic hydroxyl groups is 1. The van der Waals surface area contributed by atoms with Crippen molar-refractivity contribution in [2.75, 3.05) is 0 Å². The van der Waals surface area contributed by atoms with Crippen LogP contribution in [0.15, 0.2) is 30.3 Å². The van der Waals surface area contributed by atoms with E-state index in [1.54, 1.807) is 0 Å². The van der Waals surface area contributed by atoms with Crippen LogP contribution < -0.4 is 0 Å². The van der Waals surface area contributed by atoms with Gasteiger partial charge < -0.3 is 5.11 Å². The lowest BCUT2D eigenvalue weighted by molar-refractivity contribution is -0.238. The van der Waals surface area contributed by atoms with Gasteiger partial charge in [0.25, 0.3) is 5.92 Å². The summed E-state index contributed by atoms with van der Waals surface area (Å²) in [6, 6.07) is 9.62. The van der Waals surface area contributed by atoms with Gasteiger partial charge in [0.2, 0.25) is 0 Å². The molecule has 5 saturated carbocycles. The van der Waals surface area contributed by atoms with E-state index in [0.717, 1.165) is 12.0 Å². The molecule has 1 aromatic rings. The molecule has 1 nitrogen and oxygen atoms in total. The summed E-state index contributed by atoms with van der Waals surface area (Å²) in [6.07, 6.45) is 0.947. The topological polar surface area (TPSA) is 20.2 Å². The SMILES string of the molecule is O[C@@]1(c2ccccc2)[C@@H]2[C@H]3C[C@H]4[C@@H]5[C@@H]3[C@@H]1[C@H]5C(F)(F)[C@@H]42. The molecule has 20 heavy (non-hydrogen) atoms. The van der Waals surface area contributed by atoms with Gasteiger partial charge >= 0.3 is 0 Å². The average Bonchev–Trinajstić information content (AvgIpc) is 2.91. The van der Waals surface area contributed by atoms with Crippen LogP contribution in [0.1, 0.15) is 12.0 Å². The third kappa shape index (κ3) is 0.739. The van der Waals surface area contributed by atoms with Crippen LogP contribution in [0, 0.1) is 47.3 Å². The molecule has 1 aromatic carbocycles. The summed E-state index contributed by atoms with van der Waals surface area (Å²) in [5.74, 6) is -2.85. The quantitative estimate of drug-likeness (QED) is 0.835. The number of hydrogen-bond acceptors (Lipinski definition) is 1. The fraction of sp³-hybridized carbons (Fsp3) is 0.647. The van der Waals surface area contributed by atoms with Crippen LogP contribution in [0.4, 0.5) is 8.78 Å². The van der Waals surface area contributed by atoms with E-state index in [2.05, 4.69) is 0 Å². The van der Waals surface area contributed by atoms with Crippen LogP contribution in [-0.4, -0.2) is 11.0 Å². The van der Waals surface area contributed by atoms with Gasteiger partial charge in [0, 0.05) is 23.7 Å². The van der Waals surface area contributed by atoms with Crippen LogP contribution in [-0.2, 0) is 5.60 Å². The van der Waals surface area contributed by atoms with E-state index in [1.165, 1.54) is 0 Å². The molecule has 5 fully saturated rings. The second-order valence-electron chi connectivity index (χ2n) is 7.69. The minimum absolute atomic E-state index is 0.191. The average molecular weight is 274 g/mol. The fourth-order valence-electron chi connectivity index (χ4n) is 7.57. The molecular weight excluding hydrogens is 258 g/mol. The molecule has 0 aliphatic heterocycles. The summed E-state index contributed by atoms with van der Waals surface area (Å²) < 4.78 is 29.3. The number of halogens is 2. The lowest BCUT2D eigenvalue weighted by Crippen LogP contribution is -2.59. The standard InChI is InChI=1S/C17H16F2O/c18-17(19)13-9-6-8-10-11(9)15(17)14(10)16(20,12(8)13)7-4-2-1-3-5-7/h1-5,8-15,20H,6H2/t8-,9-,10+,11+,12+,13-,14+,15-,16-/m0/s1. The van der Waals surface area contributed by atoms with Crippen LogP contribution in [0.2, 0.25) is 0 Å². The van der Waals surface area contributed by atoms with Gasteiger partial charge in [-0.2, -0.15) is 0 Å². The van der Waals surface area contributed by atoms with Gasteiger partial charge in [0.1, 0.15) is 0 Å². The van der Waals surface area contributed by atoms with Crippen molar-refractivity contribution in [3.8, 4) is 0 Å². The first-order valence-electron chi connectivity index (χ1n) is 7.73. The summed E-state index contributed by atoms with van der Waals surface area (Å²) in [4.78, 5) is 0. The van der Waals surface area contributed by atoms with Gasteiger partial charge in [-0.1, -0.05) is 30.3 Å². The molecule has 1 N–H and O–H groups in total. The van der Waals surface area contributed by atoms with Gasteiger partial charge in [0.15, 0.2) is 0 Å². The molecule has 0 aromatic heterocycles. The molecule has 104 valence electrons. The van der Waals surface area contributed by atoms with Crippen LogP contribution in [0.5, 0.6) is 0 Å². The van der Waals surface area contributed by atoms with Crippen molar-refractivity contribution in [3.05, 3.63) is 35.9 Å². The second kappa shape index (κ2) is 2.70. The van der Waals surface area contributed by atoms with Crippen LogP contribution in [0.3, 0.4) is 0 Å². The maximum Gasteiger partial charge on any atom is 0.255 e. The highest BCUT2D eigenvalue weighted by atomic mass is 19.3. The Morgan fingerprint density at radius 2 is 1.55 bits per heavy atom. The lowest BCUT2D eigenvalue weighted by Gasteiger charge is -2.54. The monoisotopic (exact) mass is 274 g/mol. The zero-order valence-corrected chi connectivity index (χ0v) is 10.9. The van der Waals surface area contributed by atoms with Crippen molar-refractivity contribution in [1.82, 2.24) is 0 Å². The van der Waals surface area contributed by atoms with Crippen molar-refractivity contribution in [1.29, 1.82) is 0 Å². The van der Waals surface area contributed by atoms with Crippen molar-refractivity contribution >= 4 is 0 Å². The summed E-state index contributed by atoms with van der Waals surface area (Å²) >= 11 is 0. The van der Waals surface area contributed by atoms with E-state index in [9.17, 15) is 13.9 Å². The number of fused-ring (bicyclic) bond motifs is 2. The molecule has 0 amide bonds.